The number of nitrogens with one attached hydrogen (secondary N) is 2. The van der Waals surface area contributed by atoms with Crippen molar-refractivity contribution in [3.05, 3.63) is 36.2 Å². The lowest BCUT2D eigenvalue weighted by molar-refractivity contribution is -0.123. The van der Waals surface area contributed by atoms with Crippen molar-refractivity contribution >= 4 is 5.91 Å². The Morgan fingerprint density at radius 2 is 2.23 bits per heavy atom. The van der Waals surface area contributed by atoms with Gasteiger partial charge in [0.15, 0.2) is 5.82 Å². The SMILES string of the molecule is CC(NC(=O)C1CC(O)CN1)c1noc(-c2ccccc2)n1. The Morgan fingerprint density at radius 1 is 1.45 bits per heavy atom. The van der Waals surface area contributed by atoms with Crippen molar-refractivity contribution in [1.82, 2.24) is 20.8 Å². The van der Waals surface area contributed by atoms with Crippen LogP contribution in [0.5, 0.6) is 0 Å². The standard InChI is InChI=1S/C15H18N4O3/c1-9(17-14(21)12-7-11(20)8-16-12)13-18-15(22-19-13)10-5-3-2-4-6-10/h2-6,9,11-12,16,20H,7-8H2,1H3,(H,17,21). The monoisotopic (exact) mass is 302 g/mol. The van der Waals surface area contributed by atoms with E-state index in [1.165, 1.54) is 0 Å². The lowest BCUT2D eigenvalue weighted by Gasteiger charge is -2.14. The van der Waals surface area contributed by atoms with Crippen LogP contribution in [0.25, 0.3) is 11.5 Å². The molecule has 1 amide bonds. The fourth-order valence-electron chi connectivity index (χ4n) is 2.40. The van der Waals surface area contributed by atoms with E-state index in [4.69, 9.17) is 4.52 Å². The number of amides is 1. The normalized spacial score (nSPS) is 22.5. The second-order valence-corrected chi connectivity index (χ2v) is 5.40. The van der Waals surface area contributed by atoms with Gasteiger partial charge in [0, 0.05) is 12.1 Å². The van der Waals surface area contributed by atoms with Crippen LogP contribution in [-0.4, -0.2) is 39.8 Å². The highest BCUT2D eigenvalue weighted by Gasteiger charge is 2.29. The molecule has 3 unspecified atom stereocenters. The van der Waals surface area contributed by atoms with Gasteiger partial charge in [-0.3, -0.25) is 4.79 Å². The maximum atomic E-state index is 12.1. The number of aliphatic hydroxyl groups excluding tert-OH is 1. The minimum absolute atomic E-state index is 0.171. The van der Waals surface area contributed by atoms with E-state index in [0.29, 0.717) is 24.7 Å². The van der Waals surface area contributed by atoms with Gasteiger partial charge in [-0.25, -0.2) is 0 Å². The molecular formula is C15H18N4O3. The number of β-amino-alcohol motifs (C(OH)–C–C–N with tert-alkyl or cyclic N) is 1. The Morgan fingerprint density at radius 3 is 2.91 bits per heavy atom. The first-order chi connectivity index (χ1) is 10.6. The molecule has 1 saturated heterocycles. The minimum Gasteiger partial charge on any atom is -0.392 e. The summed E-state index contributed by atoms with van der Waals surface area (Å²) in [6, 6.07) is 8.70. The third-order valence-corrected chi connectivity index (χ3v) is 3.63. The maximum Gasteiger partial charge on any atom is 0.257 e. The number of benzene rings is 1. The summed E-state index contributed by atoms with van der Waals surface area (Å²) in [6.45, 7) is 2.23. The van der Waals surface area contributed by atoms with Gasteiger partial charge >= 0.3 is 0 Å². The topological polar surface area (TPSA) is 100 Å². The van der Waals surface area contributed by atoms with Crippen molar-refractivity contribution in [3.8, 4) is 11.5 Å². The Labute approximate surface area is 127 Å². The van der Waals surface area contributed by atoms with Gasteiger partial charge in [0.1, 0.15) is 0 Å². The average molecular weight is 302 g/mol. The van der Waals surface area contributed by atoms with Crippen LogP contribution >= 0.6 is 0 Å². The van der Waals surface area contributed by atoms with Gasteiger partial charge in [-0.15, -0.1) is 0 Å². The highest BCUT2D eigenvalue weighted by Crippen LogP contribution is 2.19. The molecule has 0 aliphatic carbocycles. The van der Waals surface area contributed by atoms with Gasteiger partial charge in [-0.05, 0) is 25.5 Å². The van der Waals surface area contributed by atoms with Gasteiger partial charge in [-0.1, -0.05) is 23.4 Å². The van der Waals surface area contributed by atoms with Gasteiger partial charge < -0.3 is 20.3 Å². The Kier molecular flexibility index (Phi) is 4.17. The number of aromatic nitrogens is 2. The van der Waals surface area contributed by atoms with E-state index in [-0.39, 0.29) is 18.0 Å². The van der Waals surface area contributed by atoms with E-state index in [2.05, 4.69) is 20.8 Å². The van der Waals surface area contributed by atoms with Crippen molar-refractivity contribution in [2.45, 2.75) is 31.5 Å². The molecular weight excluding hydrogens is 284 g/mol. The molecule has 2 aromatic rings. The van der Waals surface area contributed by atoms with Gasteiger partial charge in [0.25, 0.3) is 5.89 Å². The maximum absolute atomic E-state index is 12.1. The summed E-state index contributed by atoms with van der Waals surface area (Å²) in [6.07, 6.45) is -0.0546. The van der Waals surface area contributed by atoms with Crippen LogP contribution in [0, 0.1) is 0 Å². The second kappa shape index (κ2) is 6.25. The Bertz CT molecular complexity index is 643. The van der Waals surface area contributed by atoms with Crippen LogP contribution < -0.4 is 10.6 Å². The van der Waals surface area contributed by atoms with E-state index in [0.717, 1.165) is 5.56 Å². The first-order valence-corrected chi connectivity index (χ1v) is 7.24. The van der Waals surface area contributed by atoms with Gasteiger partial charge in [0.2, 0.25) is 5.91 Å². The largest absolute Gasteiger partial charge is 0.392 e. The summed E-state index contributed by atoms with van der Waals surface area (Å²) in [5, 5.41) is 19.2. The summed E-state index contributed by atoms with van der Waals surface area (Å²) in [5.41, 5.74) is 0.834. The molecule has 3 N–H and O–H groups in total. The van der Waals surface area contributed by atoms with Crippen LogP contribution in [0.3, 0.4) is 0 Å². The molecule has 1 fully saturated rings. The minimum atomic E-state index is -0.471. The smallest absolute Gasteiger partial charge is 0.257 e. The van der Waals surface area contributed by atoms with E-state index in [9.17, 15) is 9.90 Å². The first-order valence-electron chi connectivity index (χ1n) is 7.24. The molecule has 3 atom stereocenters. The van der Waals surface area contributed by atoms with E-state index in [1.54, 1.807) is 6.92 Å². The third kappa shape index (κ3) is 3.15. The molecule has 7 nitrogen and oxygen atoms in total. The van der Waals surface area contributed by atoms with Crippen molar-refractivity contribution < 1.29 is 14.4 Å². The molecule has 1 aromatic heterocycles. The fraction of sp³-hybridized carbons (Fsp3) is 0.400. The molecule has 0 radical (unpaired) electrons. The second-order valence-electron chi connectivity index (χ2n) is 5.40. The average Bonchev–Trinajstić information content (AvgIpc) is 3.17. The number of carbonyl (C=O) groups excluding carboxylic acids is 1. The van der Waals surface area contributed by atoms with Crippen LogP contribution in [-0.2, 0) is 4.79 Å². The predicted molar refractivity (Wildman–Crippen MR) is 78.7 cm³/mol. The van der Waals surface area contributed by atoms with Crippen molar-refractivity contribution in [2.24, 2.45) is 0 Å². The Hall–Kier alpha value is -2.25. The van der Waals surface area contributed by atoms with Crippen molar-refractivity contribution in [3.63, 3.8) is 0 Å². The van der Waals surface area contributed by atoms with E-state index < -0.39 is 6.10 Å². The summed E-state index contributed by atoms with van der Waals surface area (Å²) < 4.78 is 5.23. The number of carbonyl (C=O) groups is 1. The number of rotatable bonds is 4. The highest BCUT2D eigenvalue weighted by atomic mass is 16.5. The number of hydrogen-bond donors (Lipinski definition) is 3. The lowest BCUT2D eigenvalue weighted by Crippen LogP contribution is -2.41. The Balaban J connectivity index is 1.64. The third-order valence-electron chi connectivity index (χ3n) is 3.63. The molecule has 1 aromatic carbocycles. The molecule has 0 saturated carbocycles. The molecule has 1 aliphatic heterocycles. The molecule has 116 valence electrons. The van der Waals surface area contributed by atoms with Crippen molar-refractivity contribution in [2.75, 3.05) is 6.54 Å². The first kappa shape index (κ1) is 14.7. The lowest BCUT2D eigenvalue weighted by atomic mass is 10.2. The van der Waals surface area contributed by atoms with Crippen LogP contribution in [0.15, 0.2) is 34.9 Å². The quantitative estimate of drug-likeness (QED) is 0.766. The zero-order chi connectivity index (χ0) is 15.5. The van der Waals surface area contributed by atoms with E-state index >= 15 is 0 Å². The van der Waals surface area contributed by atoms with Crippen molar-refractivity contribution in [1.29, 1.82) is 0 Å². The van der Waals surface area contributed by atoms with Crippen LogP contribution in [0.2, 0.25) is 0 Å². The zero-order valence-corrected chi connectivity index (χ0v) is 12.2. The van der Waals surface area contributed by atoms with E-state index in [1.807, 2.05) is 30.3 Å². The molecule has 22 heavy (non-hydrogen) atoms. The van der Waals surface area contributed by atoms with Crippen LogP contribution in [0.4, 0.5) is 0 Å². The molecule has 2 heterocycles. The summed E-state index contributed by atoms with van der Waals surface area (Å²) in [5.74, 6) is 0.673. The summed E-state index contributed by atoms with van der Waals surface area (Å²) in [7, 11) is 0. The molecule has 0 bridgehead atoms. The van der Waals surface area contributed by atoms with Gasteiger partial charge in [-0.2, -0.15) is 4.98 Å². The zero-order valence-electron chi connectivity index (χ0n) is 12.2. The number of hydrogen-bond acceptors (Lipinski definition) is 6. The van der Waals surface area contributed by atoms with Gasteiger partial charge in [0.05, 0.1) is 18.2 Å². The summed E-state index contributed by atoms with van der Waals surface area (Å²) in [4.78, 5) is 16.4. The fourth-order valence-corrected chi connectivity index (χ4v) is 2.40. The highest BCUT2D eigenvalue weighted by molar-refractivity contribution is 5.82. The molecule has 3 rings (SSSR count). The van der Waals surface area contributed by atoms with Crippen LogP contribution in [0.1, 0.15) is 25.2 Å². The molecule has 1 aliphatic rings. The summed E-state index contributed by atoms with van der Waals surface area (Å²) >= 11 is 0. The molecule has 0 spiro atoms. The number of nitrogens with zero attached hydrogens (tertiary/aromatic N) is 2. The number of aliphatic hydroxyl groups is 1. The predicted octanol–water partition coefficient (Wildman–Crippen LogP) is 0.637. The molecule has 7 heteroatoms.